The van der Waals surface area contributed by atoms with Gasteiger partial charge >= 0.3 is 0 Å². The molecule has 5 N–H and O–H groups in total. The Bertz CT molecular complexity index is 1640. The number of hydrogen-bond acceptors (Lipinski definition) is 10. The summed E-state index contributed by atoms with van der Waals surface area (Å²) in [6.07, 6.45) is 6.32. The summed E-state index contributed by atoms with van der Waals surface area (Å²) in [7, 11) is 2.11. The van der Waals surface area contributed by atoms with Crippen molar-refractivity contribution in [2.24, 2.45) is 5.73 Å². The quantitative estimate of drug-likeness (QED) is 0.343. The van der Waals surface area contributed by atoms with Crippen LogP contribution in [0.4, 0.5) is 5.00 Å². The second kappa shape index (κ2) is 11.7. The van der Waals surface area contributed by atoms with Gasteiger partial charge in [0.2, 0.25) is 5.88 Å². The van der Waals surface area contributed by atoms with Crippen molar-refractivity contribution in [3.63, 3.8) is 0 Å². The second-order valence-electron chi connectivity index (χ2n) is 12.0. The van der Waals surface area contributed by atoms with Crippen molar-refractivity contribution in [2.75, 3.05) is 19.3 Å². The SMILES string of the molecule is C[C@H](Oc1cc(-c2cccc(CO)c2)nc(C(N)=C2CCC[C@@]3(CCCc4sc(N)c(C#N)c43)C2=O)n1)[C@@H]1CCCN1C. The Balaban J connectivity index is 1.44. The number of carbonyl (C=O) groups excluding carboxylic acids is 1. The third kappa shape index (κ3) is 5.20. The summed E-state index contributed by atoms with van der Waals surface area (Å²) in [4.78, 5) is 27.4. The first-order chi connectivity index (χ1) is 20.8. The molecule has 224 valence electrons. The lowest BCUT2D eigenvalue weighted by molar-refractivity contribution is -0.122. The van der Waals surface area contributed by atoms with E-state index < -0.39 is 5.41 Å². The molecule has 10 heteroatoms. The number of aliphatic hydroxyl groups excluding tert-OH is 1. The van der Waals surface area contributed by atoms with Gasteiger partial charge in [0.25, 0.3) is 0 Å². The summed E-state index contributed by atoms with van der Waals surface area (Å²) in [5.41, 5.74) is 16.4. The molecular formula is C33H38N6O3S. The second-order valence-corrected chi connectivity index (χ2v) is 13.2. The number of Topliss-reactive ketones (excluding diaryl/α,β-unsaturated/α-hetero) is 1. The van der Waals surface area contributed by atoms with E-state index >= 15 is 0 Å². The average Bonchev–Trinajstić information content (AvgIpc) is 3.60. The highest BCUT2D eigenvalue weighted by Crippen LogP contribution is 2.52. The zero-order valence-corrected chi connectivity index (χ0v) is 25.5. The highest BCUT2D eigenvalue weighted by Gasteiger charge is 2.49. The molecule has 1 spiro atoms. The fourth-order valence-corrected chi connectivity index (χ4v) is 8.46. The van der Waals surface area contributed by atoms with E-state index in [1.54, 1.807) is 6.07 Å². The number of aliphatic hydroxyl groups is 1. The van der Waals surface area contributed by atoms with Crippen LogP contribution in [0.3, 0.4) is 0 Å². The van der Waals surface area contributed by atoms with Gasteiger partial charge in [-0.2, -0.15) is 10.2 Å². The van der Waals surface area contributed by atoms with Gasteiger partial charge in [-0.25, -0.2) is 4.98 Å². The van der Waals surface area contributed by atoms with E-state index in [9.17, 15) is 15.2 Å². The Morgan fingerprint density at radius 3 is 2.77 bits per heavy atom. The third-order valence-corrected chi connectivity index (χ3v) is 10.5. The summed E-state index contributed by atoms with van der Waals surface area (Å²) in [5, 5.41) is 20.2. The first-order valence-corrected chi connectivity index (χ1v) is 15.9. The van der Waals surface area contributed by atoms with Gasteiger partial charge < -0.3 is 21.3 Å². The van der Waals surface area contributed by atoms with Crippen molar-refractivity contribution in [1.82, 2.24) is 14.9 Å². The van der Waals surface area contributed by atoms with Gasteiger partial charge in [-0.1, -0.05) is 18.2 Å². The number of benzene rings is 1. The number of rotatable bonds is 6. The van der Waals surface area contributed by atoms with Crippen LogP contribution < -0.4 is 16.2 Å². The lowest BCUT2D eigenvalue weighted by Crippen LogP contribution is -2.43. The van der Waals surface area contributed by atoms with E-state index in [4.69, 9.17) is 26.2 Å². The number of carbonyl (C=O) groups is 1. The molecule has 2 aromatic heterocycles. The van der Waals surface area contributed by atoms with Crippen LogP contribution in [0.25, 0.3) is 17.0 Å². The summed E-state index contributed by atoms with van der Waals surface area (Å²) in [6.45, 7) is 2.99. The Hall–Kier alpha value is -3.78. The molecule has 6 rings (SSSR count). The molecule has 0 unspecified atom stereocenters. The molecule has 3 aromatic rings. The maximum absolute atomic E-state index is 14.5. The topological polar surface area (TPSA) is 151 Å². The van der Waals surface area contributed by atoms with E-state index in [-0.39, 0.29) is 36.1 Å². The zero-order valence-electron chi connectivity index (χ0n) is 24.7. The van der Waals surface area contributed by atoms with Gasteiger partial charge in [0.1, 0.15) is 17.2 Å². The van der Waals surface area contributed by atoms with Crippen LogP contribution in [-0.2, 0) is 23.2 Å². The number of fused-ring (bicyclic) bond motifs is 2. The molecular weight excluding hydrogens is 560 g/mol. The lowest BCUT2D eigenvalue weighted by Gasteiger charge is -2.40. The molecule has 9 nitrogen and oxygen atoms in total. The maximum Gasteiger partial charge on any atom is 0.217 e. The fourth-order valence-electron chi connectivity index (χ4n) is 7.30. The smallest absolute Gasteiger partial charge is 0.217 e. The minimum atomic E-state index is -0.807. The van der Waals surface area contributed by atoms with Crippen LogP contribution in [0, 0.1) is 11.3 Å². The predicted octanol–water partition coefficient (Wildman–Crippen LogP) is 4.71. The number of anilines is 1. The Labute approximate surface area is 256 Å². The van der Waals surface area contributed by atoms with E-state index in [2.05, 4.69) is 24.9 Å². The van der Waals surface area contributed by atoms with E-state index in [1.165, 1.54) is 11.3 Å². The van der Waals surface area contributed by atoms with Gasteiger partial charge in [-0.15, -0.1) is 11.3 Å². The Morgan fingerprint density at radius 2 is 2.05 bits per heavy atom. The van der Waals surface area contributed by atoms with E-state index in [0.29, 0.717) is 47.0 Å². The highest BCUT2D eigenvalue weighted by atomic mass is 32.1. The number of nitriles is 1. The molecule has 2 fully saturated rings. The number of aromatic nitrogens is 2. The van der Waals surface area contributed by atoms with Gasteiger partial charge in [-0.05, 0) is 89.1 Å². The number of aryl methyl sites for hydroxylation is 1. The first kappa shape index (κ1) is 29.3. The minimum absolute atomic E-state index is 0.0498. The van der Waals surface area contributed by atoms with Crippen molar-refractivity contribution in [3.8, 4) is 23.2 Å². The molecule has 43 heavy (non-hydrogen) atoms. The zero-order chi connectivity index (χ0) is 30.3. The number of nitrogens with two attached hydrogens (primary N) is 2. The summed E-state index contributed by atoms with van der Waals surface area (Å²) in [6, 6.07) is 11.9. The molecule has 0 radical (unpaired) electrons. The van der Waals surface area contributed by atoms with Gasteiger partial charge in [0, 0.05) is 28.1 Å². The van der Waals surface area contributed by atoms with Crippen molar-refractivity contribution in [2.45, 2.75) is 82.5 Å². The number of nitrogens with zero attached hydrogens (tertiary/aromatic N) is 4. The third-order valence-electron chi connectivity index (χ3n) is 9.44. The standard InChI is InChI=1S/C33H38N6O3S/c1-19(25-10-6-14-39(25)2)42-27-16-24(21-8-3-7-20(15-21)18-40)37-32(38-27)29(35)22-9-4-12-33(30(22)41)13-5-11-26-28(33)23(17-34)31(36)43-26/h3,7-8,15-16,19,25,40H,4-6,9-14,18,35-36H2,1-2H3/t19-,25-,33-/m0/s1. The largest absolute Gasteiger partial charge is 0.473 e. The number of thiophene rings is 1. The highest BCUT2D eigenvalue weighted by molar-refractivity contribution is 7.16. The number of ether oxygens (including phenoxy) is 1. The van der Waals surface area contributed by atoms with Crippen molar-refractivity contribution < 1.29 is 14.6 Å². The molecule has 2 aliphatic carbocycles. The predicted molar refractivity (Wildman–Crippen MR) is 167 cm³/mol. The summed E-state index contributed by atoms with van der Waals surface area (Å²) >= 11 is 1.43. The molecule has 1 saturated carbocycles. The van der Waals surface area contributed by atoms with Gasteiger partial charge in [-0.3, -0.25) is 9.69 Å². The number of likely N-dealkylation sites (N-methyl/N-ethyl adjacent to an activating group) is 1. The van der Waals surface area contributed by atoms with Crippen LogP contribution in [-0.4, -0.2) is 51.5 Å². The first-order valence-electron chi connectivity index (χ1n) is 15.1. The Morgan fingerprint density at radius 1 is 1.26 bits per heavy atom. The summed E-state index contributed by atoms with van der Waals surface area (Å²) < 4.78 is 6.43. The molecule has 1 aliphatic heterocycles. The average molecular weight is 599 g/mol. The molecule has 0 bridgehead atoms. The monoisotopic (exact) mass is 598 g/mol. The number of nitrogen functional groups attached to an aromatic ring is 1. The Kier molecular flexibility index (Phi) is 7.98. The van der Waals surface area contributed by atoms with Crippen molar-refractivity contribution in [1.29, 1.82) is 5.26 Å². The number of allylic oxidation sites excluding steroid dienone is 1. The van der Waals surface area contributed by atoms with Crippen molar-refractivity contribution >= 4 is 27.8 Å². The normalized spacial score (nSPS) is 24.0. The van der Waals surface area contributed by atoms with Crippen LogP contribution in [0.5, 0.6) is 5.88 Å². The van der Waals surface area contributed by atoms with Gasteiger partial charge in [0.15, 0.2) is 11.6 Å². The molecule has 3 heterocycles. The fraction of sp³-hybridized carbons (Fsp3) is 0.455. The van der Waals surface area contributed by atoms with Crippen LogP contribution in [0.2, 0.25) is 0 Å². The number of hydrogen-bond donors (Lipinski definition) is 3. The molecule has 1 aromatic carbocycles. The molecule has 1 saturated heterocycles. The van der Waals surface area contributed by atoms with E-state index in [1.807, 2.05) is 24.3 Å². The van der Waals surface area contributed by atoms with Crippen LogP contribution in [0.1, 0.15) is 79.3 Å². The number of likely N-dealkylation sites (tertiary alicyclic amines) is 1. The van der Waals surface area contributed by atoms with Crippen LogP contribution in [0.15, 0.2) is 35.9 Å². The summed E-state index contributed by atoms with van der Waals surface area (Å²) in [5.74, 6) is 0.586. The van der Waals surface area contributed by atoms with Gasteiger partial charge in [0.05, 0.1) is 29.0 Å². The van der Waals surface area contributed by atoms with Crippen molar-refractivity contribution in [3.05, 3.63) is 63.3 Å². The van der Waals surface area contributed by atoms with E-state index in [0.717, 1.165) is 60.2 Å². The minimum Gasteiger partial charge on any atom is -0.473 e. The molecule has 3 atom stereocenters. The number of ketones is 1. The molecule has 0 amide bonds. The lowest BCUT2D eigenvalue weighted by atomic mass is 9.61. The molecule has 3 aliphatic rings. The maximum atomic E-state index is 14.5. The van der Waals surface area contributed by atoms with Crippen LogP contribution >= 0.6 is 11.3 Å².